The van der Waals surface area contributed by atoms with Crippen LogP contribution in [-0.2, 0) is 14.8 Å². The topological polar surface area (TPSA) is 58.7 Å². The lowest BCUT2D eigenvalue weighted by atomic mass is 9.92. The fraction of sp³-hybridized carbons (Fsp3) is 0.667. The standard InChI is InChI=1S/C18H29NO3S/c1-4-6-12-18(13-7-5-2)17(22-18)14-19-23(20,21)16-10-8-15(3)9-11-16/h8-11,17,19H,4-7,12-14H2,1-3H3/t17-/m1/s1. The zero-order valence-electron chi connectivity index (χ0n) is 14.5. The predicted octanol–water partition coefficient (Wildman–Crippen LogP) is 3.79. The minimum Gasteiger partial charge on any atom is -0.365 e. The fourth-order valence-electron chi connectivity index (χ4n) is 2.98. The average Bonchev–Trinajstić information content (AvgIpc) is 3.23. The molecule has 0 aromatic heterocycles. The Morgan fingerprint density at radius 2 is 1.65 bits per heavy atom. The SMILES string of the molecule is CCCCC1(CCCC)O[C@@H]1CNS(=O)(=O)c1ccc(C)cc1. The Morgan fingerprint density at radius 3 is 2.17 bits per heavy atom. The van der Waals surface area contributed by atoms with Gasteiger partial charge in [0.1, 0.15) is 6.10 Å². The van der Waals surface area contributed by atoms with Crippen LogP contribution in [0.15, 0.2) is 29.2 Å². The van der Waals surface area contributed by atoms with Crippen molar-refractivity contribution >= 4 is 10.0 Å². The highest BCUT2D eigenvalue weighted by atomic mass is 32.2. The van der Waals surface area contributed by atoms with Crippen LogP contribution >= 0.6 is 0 Å². The van der Waals surface area contributed by atoms with Crippen molar-refractivity contribution in [2.45, 2.75) is 75.9 Å². The van der Waals surface area contributed by atoms with Gasteiger partial charge in [0.05, 0.1) is 10.5 Å². The molecule has 0 radical (unpaired) electrons. The maximum absolute atomic E-state index is 12.3. The average molecular weight is 340 g/mol. The van der Waals surface area contributed by atoms with Gasteiger partial charge in [0.2, 0.25) is 10.0 Å². The summed E-state index contributed by atoms with van der Waals surface area (Å²) in [4.78, 5) is 0.316. The lowest BCUT2D eigenvalue weighted by Gasteiger charge is -2.12. The number of nitrogens with one attached hydrogen (secondary N) is 1. The Hall–Kier alpha value is -0.910. The van der Waals surface area contributed by atoms with Gasteiger partial charge in [0.25, 0.3) is 0 Å². The Kier molecular flexibility index (Phi) is 6.23. The highest BCUT2D eigenvalue weighted by Gasteiger charge is 2.54. The monoisotopic (exact) mass is 339 g/mol. The van der Waals surface area contributed by atoms with E-state index in [-0.39, 0.29) is 11.7 Å². The summed E-state index contributed by atoms with van der Waals surface area (Å²) in [5.41, 5.74) is 0.953. The molecule has 5 heteroatoms. The molecule has 4 nitrogen and oxygen atoms in total. The Labute approximate surface area is 140 Å². The van der Waals surface area contributed by atoms with Gasteiger partial charge < -0.3 is 4.74 Å². The zero-order chi connectivity index (χ0) is 16.9. The third-order valence-corrected chi connectivity index (χ3v) is 6.04. The Bertz CT molecular complexity index is 587. The van der Waals surface area contributed by atoms with Gasteiger partial charge in [-0.1, -0.05) is 57.2 Å². The van der Waals surface area contributed by atoms with Gasteiger partial charge in [-0.3, -0.25) is 0 Å². The first-order valence-electron chi connectivity index (χ1n) is 8.67. The Morgan fingerprint density at radius 1 is 1.09 bits per heavy atom. The summed E-state index contributed by atoms with van der Waals surface area (Å²) in [7, 11) is -3.45. The highest BCUT2D eigenvalue weighted by molar-refractivity contribution is 7.89. The second-order valence-corrected chi connectivity index (χ2v) is 8.31. The van der Waals surface area contributed by atoms with Gasteiger partial charge >= 0.3 is 0 Å². The number of sulfonamides is 1. The van der Waals surface area contributed by atoms with Crippen molar-refractivity contribution in [3.8, 4) is 0 Å². The van der Waals surface area contributed by atoms with Gasteiger partial charge in [0, 0.05) is 6.54 Å². The van der Waals surface area contributed by atoms with Crippen LogP contribution in [0, 0.1) is 6.92 Å². The molecule has 0 aliphatic carbocycles. The second kappa shape index (κ2) is 7.77. The van der Waals surface area contributed by atoms with E-state index in [0.29, 0.717) is 11.4 Å². The first kappa shape index (κ1) is 18.4. The zero-order valence-corrected chi connectivity index (χ0v) is 15.3. The molecule has 1 N–H and O–H groups in total. The first-order valence-corrected chi connectivity index (χ1v) is 10.2. The molecular formula is C18H29NO3S. The molecule has 0 unspecified atom stereocenters. The molecular weight excluding hydrogens is 310 g/mol. The van der Waals surface area contributed by atoms with Crippen molar-refractivity contribution in [2.75, 3.05) is 6.54 Å². The summed E-state index contributed by atoms with van der Waals surface area (Å²) in [6.45, 7) is 6.65. The predicted molar refractivity (Wildman–Crippen MR) is 93.0 cm³/mol. The number of benzene rings is 1. The van der Waals surface area contributed by atoms with Crippen molar-refractivity contribution in [3.05, 3.63) is 29.8 Å². The van der Waals surface area contributed by atoms with Gasteiger partial charge in [-0.15, -0.1) is 0 Å². The van der Waals surface area contributed by atoms with Crippen LogP contribution in [0.3, 0.4) is 0 Å². The quantitative estimate of drug-likeness (QED) is 0.660. The minimum atomic E-state index is -3.45. The van der Waals surface area contributed by atoms with E-state index < -0.39 is 10.0 Å². The molecule has 0 bridgehead atoms. The number of unbranched alkanes of at least 4 members (excludes halogenated alkanes) is 2. The van der Waals surface area contributed by atoms with E-state index in [1.54, 1.807) is 12.1 Å². The smallest absolute Gasteiger partial charge is 0.240 e. The van der Waals surface area contributed by atoms with Crippen molar-refractivity contribution in [1.82, 2.24) is 4.72 Å². The van der Waals surface area contributed by atoms with Crippen LogP contribution in [0.5, 0.6) is 0 Å². The fourth-order valence-corrected chi connectivity index (χ4v) is 4.01. The Balaban J connectivity index is 1.93. The summed E-state index contributed by atoms with van der Waals surface area (Å²) >= 11 is 0. The third-order valence-electron chi connectivity index (χ3n) is 4.60. The van der Waals surface area contributed by atoms with E-state index in [9.17, 15) is 8.42 Å². The van der Waals surface area contributed by atoms with E-state index in [2.05, 4.69) is 18.6 Å². The van der Waals surface area contributed by atoms with Crippen LogP contribution in [0.25, 0.3) is 0 Å². The molecule has 130 valence electrons. The molecule has 1 fully saturated rings. The van der Waals surface area contributed by atoms with Crippen molar-refractivity contribution in [3.63, 3.8) is 0 Å². The number of aryl methyl sites for hydroxylation is 1. The number of hydrogen-bond acceptors (Lipinski definition) is 3. The van der Waals surface area contributed by atoms with Gasteiger partial charge in [-0.25, -0.2) is 13.1 Å². The molecule has 1 aliphatic heterocycles. The van der Waals surface area contributed by atoms with Crippen molar-refractivity contribution in [1.29, 1.82) is 0 Å². The van der Waals surface area contributed by atoms with Crippen molar-refractivity contribution < 1.29 is 13.2 Å². The summed E-state index contributed by atoms with van der Waals surface area (Å²) < 4.78 is 33.3. The van der Waals surface area contributed by atoms with Crippen LogP contribution in [0.2, 0.25) is 0 Å². The molecule has 0 amide bonds. The summed E-state index contributed by atoms with van der Waals surface area (Å²) in [6.07, 6.45) is 6.61. The van der Waals surface area contributed by atoms with Gasteiger partial charge in [-0.2, -0.15) is 0 Å². The van der Waals surface area contributed by atoms with Gasteiger partial charge in [0.15, 0.2) is 0 Å². The van der Waals surface area contributed by atoms with Crippen molar-refractivity contribution in [2.24, 2.45) is 0 Å². The van der Waals surface area contributed by atoms with Crippen LogP contribution in [0.1, 0.15) is 57.9 Å². The lowest BCUT2D eigenvalue weighted by molar-refractivity contribution is 0.258. The maximum atomic E-state index is 12.3. The molecule has 0 saturated carbocycles. The van der Waals surface area contributed by atoms with Gasteiger partial charge in [-0.05, 0) is 31.9 Å². The summed E-state index contributed by atoms with van der Waals surface area (Å²) in [6, 6.07) is 6.92. The molecule has 1 heterocycles. The highest BCUT2D eigenvalue weighted by Crippen LogP contribution is 2.45. The van der Waals surface area contributed by atoms with E-state index >= 15 is 0 Å². The number of ether oxygens (including phenoxy) is 1. The van der Waals surface area contributed by atoms with Crippen LogP contribution in [-0.4, -0.2) is 26.7 Å². The number of rotatable bonds is 10. The first-order chi connectivity index (χ1) is 10.9. The number of hydrogen-bond donors (Lipinski definition) is 1. The van der Waals surface area contributed by atoms with E-state index in [0.717, 1.165) is 44.1 Å². The van der Waals surface area contributed by atoms with E-state index in [1.807, 2.05) is 19.1 Å². The molecule has 1 atom stereocenters. The van der Waals surface area contributed by atoms with E-state index in [1.165, 1.54) is 0 Å². The summed E-state index contributed by atoms with van der Waals surface area (Å²) in [5.74, 6) is 0. The molecule has 2 rings (SSSR count). The molecule has 0 spiro atoms. The maximum Gasteiger partial charge on any atom is 0.240 e. The van der Waals surface area contributed by atoms with Crippen LogP contribution < -0.4 is 4.72 Å². The minimum absolute atomic E-state index is 0.0147. The van der Waals surface area contributed by atoms with Crippen LogP contribution in [0.4, 0.5) is 0 Å². The summed E-state index contributed by atoms with van der Waals surface area (Å²) in [5, 5.41) is 0. The number of epoxide rings is 1. The largest absolute Gasteiger partial charge is 0.365 e. The third kappa shape index (κ3) is 4.78. The normalized spacial score (nSPS) is 19.7. The van der Waals surface area contributed by atoms with E-state index in [4.69, 9.17) is 4.74 Å². The molecule has 1 saturated heterocycles. The second-order valence-electron chi connectivity index (χ2n) is 6.54. The molecule has 1 aromatic carbocycles. The molecule has 1 aliphatic rings. The molecule has 1 aromatic rings. The molecule has 23 heavy (non-hydrogen) atoms. The lowest BCUT2D eigenvalue weighted by Crippen LogP contribution is -2.31.